The molecule has 33 heavy (non-hydrogen) atoms. The van der Waals surface area contributed by atoms with E-state index in [1.807, 2.05) is 60.8 Å². The fraction of sp³-hybridized carbons (Fsp3) is 0.320. The van der Waals surface area contributed by atoms with Gasteiger partial charge >= 0.3 is 0 Å². The topological polar surface area (TPSA) is 80.3 Å². The zero-order valence-corrected chi connectivity index (χ0v) is 20.7. The van der Waals surface area contributed by atoms with Crippen LogP contribution in [0, 0.1) is 0 Å². The van der Waals surface area contributed by atoms with Gasteiger partial charge in [-0.3, -0.25) is 9.59 Å². The number of anilines is 2. The molecule has 0 aliphatic carbocycles. The van der Waals surface area contributed by atoms with E-state index in [-0.39, 0.29) is 17.1 Å². The summed E-state index contributed by atoms with van der Waals surface area (Å²) in [7, 11) is 1.63. The lowest BCUT2D eigenvalue weighted by molar-refractivity contribution is -0.116. The molecule has 2 aromatic carbocycles. The maximum Gasteiger partial charge on any atom is 0.239 e. The zero-order chi connectivity index (χ0) is 23.6. The third kappa shape index (κ3) is 7.07. The summed E-state index contributed by atoms with van der Waals surface area (Å²) in [6, 6.07) is 15.3. The van der Waals surface area contributed by atoms with Gasteiger partial charge in [-0.25, -0.2) is 4.98 Å². The molecule has 0 saturated carbocycles. The van der Waals surface area contributed by atoms with Crippen molar-refractivity contribution in [2.75, 3.05) is 17.7 Å². The molecule has 8 heteroatoms. The molecule has 3 rings (SSSR count). The Kier molecular flexibility index (Phi) is 9.33. The summed E-state index contributed by atoms with van der Waals surface area (Å²) >= 11 is 2.86. The minimum absolute atomic E-state index is 0.0124. The SMILES string of the molecule is CCCCC(=O)Nc1cccc(SC(CC)C(=O)Nc2nc(-c3ccccc3OC)cs2)c1. The first-order valence-electron chi connectivity index (χ1n) is 11.0. The number of thiazole rings is 1. The molecular weight excluding hydrogens is 454 g/mol. The number of unbranched alkanes of at least 4 members (excludes halogenated alkanes) is 1. The van der Waals surface area contributed by atoms with Gasteiger partial charge in [0.2, 0.25) is 11.8 Å². The molecule has 3 aromatic rings. The highest BCUT2D eigenvalue weighted by molar-refractivity contribution is 8.00. The van der Waals surface area contributed by atoms with Gasteiger partial charge in [0.25, 0.3) is 0 Å². The lowest BCUT2D eigenvalue weighted by Gasteiger charge is -2.14. The number of methoxy groups -OCH3 is 1. The van der Waals surface area contributed by atoms with Gasteiger partial charge in [-0.1, -0.05) is 38.5 Å². The van der Waals surface area contributed by atoms with Crippen LogP contribution in [0.25, 0.3) is 11.3 Å². The van der Waals surface area contributed by atoms with Gasteiger partial charge in [-0.2, -0.15) is 0 Å². The molecular formula is C25H29N3O3S2. The third-order valence-electron chi connectivity index (χ3n) is 4.93. The van der Waals surface area contributed by atoms with E-state index >= 15 is 0 Å². The van der Waals surface area contributed by atoms with Gasteiger partial charge in [0, 0.05) is 27.9 Å². The number of nitrogens with zero attached hydrogens (tertiary/aromatic N) is 1. The second kappa shape index (κ2) is 12.4. The van der Waals surface area contributed by atoms with Crippen LogP contribution in [-0.2, 0) is 9.59 Å². The number of ether oxygens (including phenoxy) is 1. The lowest BCUT2D eigenvalue weighted by atomic mass is 10.1. The van der Waals surface area contributed by atoms with Crippen molar-refractivity contribution in [1.82, 2.24) is 4.98 Å². The van der Waals surface area contributed by atoms with Gasteiger partial charge in [0.15, 0.2) is 5.13 Å². The van der Waals surface area contributed by atoms with E-state index in [0.29, 0.717) is 18.0 Å². The maximum atomic E-state index is 12.9. The van der Waals surface area contributed by atoms with Gasteiger partial charge in [0.1, 0.15) is 5.75 Å². The van der Waals surface area contributed by atoms with Gasteiger partial charge in [0.05, 0.1) is 18.1 Å². The molecule has 2 N–H and O–H groups in total. The Bertz CT molecular complexity index is 1080. The smallest absolute Gasteiger partial charge is 0.239 e. The number of amides is 2. The second-order valence-corrected chi connectivity index (χ2v) is 9.56. The van der Waals surface area contributed by atoms with Crippen LogP contribution in [0.15, 0.2) is 58.8 Å². The van der Waals surface area contributed by atoms with Crippen LogP contribution in [0.2, 0.25) is 0 Å². The summed E-state index contributed by atoms with van der Waals surface area (Å²) in [4.78, 5) is 30.5. The predicted octanol–water partition coefficient (Wildman–Crippen LogP) is 6.46. The summed E-state index contributed by atoms with van der Waals surface area (Å²) < 4.78 is 5.41. The monoisotopic (exact) mass is 483 g/mol. The van der Waals surface area contributed by atoms with E-state index < -0.39 is 0 Å². The van der Waals surface area contributed by atoms with Crippen molar-refractivity contribution in [3.8, 4) is 17.0 Å². The van der Waals surface area contributed by atoms with E-state index in [2.05, 4.69) is 22.5 Å². The summed E-state index contributed by atoms with van der Waals surface area (Å²) in [6.07, 6.45) is 3.02. The summed E-state index contributed by atoms with van der Waals surface area (Å²) in [5.41, 5.74) is 2.40. The van der Waals surface area contributed by atoms with Crippen molar-refractivity contribution < 1.29 is 14.3 Å². The molecule has 0 spiro atoms. The van der Waals surface area contributed by atoms with Crippen molar-refractivity contribution in [3.63, 3.8) is 0 Å². The number of aromatic nitrogens is 1. The highest BCUT2D eigenvalue weighted by Gasteiger charge is 2.20. The minimum atomic E-state index is -0.283. The van der Waals surface area contributed by atoms with Crippen LogP contribution in [-0.4, -0.2) is 29.2 Å². The first kappa shape index (κ1) is 24.8. The standard InChI is InChI=1S/C25H29N3O3S2/c1-4-6-14-23(29)26-17-10-9-11-18(15-17)33-22(5-2)24(30)28-25-27-20(16-32-25)19-12-7-8-13-21(19)31-3/h7-13,15-16,22H,4-6,14H2,1-3H3,(H,26,29)(H,27,28,30). The first-order valence-corrected chi connectivity index (χ1v) is 12.8. The normalized spacial score (nSPS) is 11.6. The number of carbonyl (C=O) groups is 2. The quantitative estimate of drug-likeness (QED) is 0.306. The Balaban J connectivity index is 1.64. The molecule has 0 saturated heterocycles. The number of rotatable bonds is 11. The molecule has 174 valence electrons. The molecule has 1 atom stereocenters. The molecule has 6 nitrogen and oxygen atoms in total. The number of carbonyl (C=O) groups excluding carboxylic acids is 2. The molecule has 1 unspecified atom stereocenters. The molecule has 2 amide bonds. The van der Waals surface area contributed by atoms with E-state index in [1.165, 1.54) is 23.1 Å². The number of nitrogens with one attached hydrogen (secondary N) is 2. The zero-order valence-electron chi connectivity index (χ0n) is 19.1. The molecule has 0 fully saturated rings. The Morgan fingerprint density at radius 1 is 1.12 bits per heavy atom. The summed E-state index contributed by atoms with van der Waals surface area (Å²) in [5.74, 6) is 0.656. The Morgan fingerprint density at radius 2 is 1.94 bits per heavy atom. The van der Waals surface area contributed by atoms with Crippen molar-refractivity contribution in [1.29, 1.82) is 0 Å². The van der Waals surface area contributed by atoms with Gasteiger partial charge in [-0.05, 0) is 43.2 Å². The van der Waals surface area contributed by atoms with Crippen molar-refractivity contribution in [3.05, 3.63) is 53.9 Å². The summed E-state index contributed by atoms with van der Waals surface area (Å²) in [5, 5.41) is 8.06. The van der Waals surface area contributed by atoms with Gasteiger partial charge < -0.3 is 15.4 Å². The van der Waals surface area contributed by atoms with Gasteiger partial charge in [-0.15, -0.1) is 23.1 Å². The molecule has 1 heterocycles. The fourth-order valence-electron chi connectivity index (χ4n) is 3.19. The average molecular weight is 484 g/mol. The van der Waals surface area contributed by atoms with Crippen LogP contribution in [0.4, 0.5) is 10.8 Å². The van der Waals surface area contributed by atoms with Crippen molar-refractivity contribution in [2.45, 2.75) is 49.7 Å². The average Bonchev–Trinajstić information content (AvgIpc) is 3.29. The minimum Gasteiger partial charge on any atom is -0.496 e. The van der Waals surface area contributed by atoms with E-state index in [9.17, 15) is 9.59 Å². The van der Waals surface area contributed by atoms with Crippen molar-refractivity contribution in [2.24, 2.45) is 0 Å². The maximum absolute atomic E-state index is 12.9. The van der Waals surface area contributed by atoms with Crippen LogP contribution in [0.5, 0.6) is 5.75 Å². The number of para-hydroxylation sites is 1. The van der Waals surface area contributed by atoms with E-state index in [4.69, 9.17) is 4.74 Å². The van der Waals surface area contributed by atoms with Crippen LogP contribution in [0.3, 0.4) is 0 Å². The highest BCUT2D eigenvalue weighted by atomic mass is 32.2. The largest absolute Gasteiger partial charge is 0.496 e. The molecule has 0 radical (unpaired) electrons. The summed E-state index contributed by atoms with van der Waals surface area (Å²) in [6.45, 7) is 4.04. The van der Waals surface area contributed by atoms with Crippen LogP contribution < -0.4 is 15.4 Å². The molecule has 1 aromatic heterocycles. The highest BCUT2D eigenvalue weighted by Crippen LogP contribution is 2.33. The Hall–Kier alpha value is -2.84. The van der Waals surface area contributed by atoms with Crippen molar-refractivity contribution >= 4 is 45.7 Å². The molecule has 0 aliphatic rings. The fourth-order valence-corrected chi connectivity index (χ4v) is 4.92. The number of hydrogen-bond donors (Lipinski definition) is 2. The number of thioether (sulfide) groups is 1. The predicted molar refractivity (Wildman–Crippen MR) is 137 cm³/mol. The van der Waals surface area contributed by atoms with Crippen LogP contribution in [0.1, 0.15) is 39.5 Å². The molecule has 0 aliphatic heterocycles. The Morgan fingerprint density at radius 3 is 2.70 bits per heavy atom. The van der Waals surface area contributed by atoms with Crippen LogP contribution >= 0.6 is 23.1 Å². The Labute approximate surface area is 203 Å². The first-order chi connectivity index (χ1) is 16.0. The number of hydrogen-bond acceptors (Lipinski definition) is 6. The third-order valence-corrected chi connectivity index (χ3v) is 7.05. The number of benzene rings is 2. The molecule has 0 bridgehead atoms. The van der Waals surface area contributed by atoms with E-state index in [0.717, 1.165) is 40.4 Å². The van der Waals surface area contributed by atoms with E-state index in [1.54, 1.807) is 7.11 Å². The second-order valence-electron chi connectivity index (χ2n) is 7.42. The lowest BCUT2D eigenvalue weighted by Crippen LogP contribution is -2.24.